The van der Waals surface area contributed by atoms with E-state index in [2.05, 4.69) is 5.32 Å². The summed E-state index contributed by atoms with van der Waals surface area (Å²) in [6.07, 6.45) is 0. The van der Waals surface area contributed by atoms with Crippen molar-refractivity contribution in [3.63, 3.8) is 0 Å². The number of carbonyl (C=O) groups excluding carboxylic acids is 1. The number of rotatable bonds is 3. The third kappa shape index (κ3) is 4.10. The Kier molecular flexibility index (Phi) is 5.86. The Hall–Kier alpha value is -2.70. The zero-order chi connectivity index (χ0) is 22.3. The van der Waals surface area contributed by atoms with Gasteiger partial charge in [-0.1, -0.05) is 58.5 Å². The highest BCUT2D eigenvalue weighted by molar-refractivity contribution is 6.42. The van der Waals surface area contributed by atoms with Crippen LogP contribution in [0.1, 0.15) is 10.4 Å². The fourth-order valence-electron chi connectivity index (χ4n) is 3.08. The molecular weight excluding hydrogens is 484 g/mol. The van der Waals surface area contributed by atoms with Crippen molar-refractivity contribution >= 4 is 69.0 Å². The highest BCUT2D eigenvalue weighted by Gasteiger charge is 2.20. The molecule has 1 amide bonds. The molecule has 0 unspecified atom stereocenters. The molecule has 0 spiro atoms. The molecule has 0 atom stereocenters. The molecule has 2 N–H and O–H groups in total. The first-order valence-electron chi connectivity index (χ1n) is 8.77. The average molecular weight is 495 g/mol. The normalized spacial score (nSPS) is 11.0. The third-order valence-corrected chi connectivity index (χ3v) is 5.62. The first-order chi connectivity index (χ1) is 14.8. The summed E-state index contributed by atoms with van der Waals surface area (Å²) >= 11 is 24.4. The van der Waals surface area contributed by atoms with Crippen LogP contribution in [0.4, 0.5) is 5.69 Å². The predicted octanol–water partition coefficient (Wildman–Crippen LogP) is 7.03. The van der Waals surface area contributed by atoms with E-state index in [0.717, 1.165) is 0 Å². The van der Waals surface area contributed by atoms with Gasteiger partial charge in [0.25, 0.3) is 5.91 Å². The maximum atomic E-state index is 12.9. The zero-order valence-corrected chi connectivity index (χ0v) is 18.4. The van der Waals surface area contributed by atoms with Crippen molar-refractivity contribution in [2.45, 2.75) is 0 Å². The molecule has 5 nitrogen and oxygen atoms in total. The molecule has 4 rings (SSSR count). The van der Waals surface area contributed by atoms with Crippen molar-refractivity contribution in [2.75, 3.05) is 5.32 Å². The minimum atomic E-state index is -0.649. The summed E-state index contributed by atoms with van der Waals surface area (Å²) < 4.78 is 5.89. The molecule has 0 aliphatic rings. The lowest BCUT2D eigenvalue weighted by atomic mass is 10.1. The van der Waals surface area contributed by atoms with Gasteiger partial charge in [-0.15, -0.1) is 0 Å². The van der Waals surface area contributed by atoms with Crippen LogP contribution in [-0.2, 0) is 0 Å². The van der Waals surface area contributed by atoms with Gasteiger partial charge in [0, 0.05) is 16.7 Å². The summed E-state index contributed by atoms with van der Waals surface area (Å²) in [5.41, 5.74) is 0.0707. The fourth-order valence-corrected chi connectivity index (χ4v) is 4.30. The maximum absolute atomic E-state index is 12.9. The van der Waals surface area contributed by atoms with Gasteiger partial charge in [-0.2, -0.15) is 0 Å². The Balaban J connectivity index is 1.87. The van der Waals surface area contributed by atoms with Gasteiger partial charge in [0.05, 0.1) is 26.3 Å². The Morgan fingerprint density at radius 3 is 2.26 bits per heavy atom. The van der Waals surface area contributed by atoms with Crippen molar-refractivity contribution in [3.8, 4) is 17.1 Å². The number of benzene rings is 3. The predicted molar refractivity (Wildman–Crippen MR) is 124 cm³/mol. The van der Waals surface area contributed by atoms with E-state index < -0.39 is 11.3 Å². The monoisotopic (exact) mass is 493 g/mol. The molecule has 0 bridgehead atoms. The second-order valence-electron chi connectivity index (χ2n) is 6.49. The van der Waals surface area contributed by atoms with Gasteiger partial charge in [0.15, 0.2) is 11.0 Å². The van der Waals surface area contributed by atoms with E-state index >= 15 is 0 Å². The third-order valence-electron chi connectivity index (χ3n) is 4.48. The van der Waals surface area contributed by atoms with Crippen molar-refractivity contribution in [2.24, 2.45) is 0 Å². The van der Waals surface area contributed by atoms with E-state index in [0.29, 0.717) is 10.6 Å². The van der Waals surface area contributed by atoms with Crippen LogP contribution < -0.4 is 10.7 Å². The van der Waals surface area contributed by atoms with Crippen molar-refractivity contribution in [1.82, 2.24) is 0 Å². The van der Waals surface area contributed by atoms with E-state index in [9.17, 15) is 14.7 Å². The molecule has 0 fully saturated rings. The molecule has 3 aromatic carbocycles. The molecule has 0 aliphatic carbocycles. The number of anilines is 1. The van der Waals surface area contributed by atoms with Gasteiger partial charge in [-0.25, -0.2) is 0 Å². The van der Waals surface area contributed by atoms with Gasteiger partial charge in [0.1, 0.15) is 16.9 Å². The number of phenols is 1. The van der Waals surface area contributed by atoms with Crippen molar-refractivity contribution in [1.29, 1.82) is 0 Å². The maximum Gasteiger partial charge on any atom is 0.258 e. The summed E-state index contributed by atoms with van der Waals surface area (Å²) in [5.74, 6) is -0.772. The number of fused-ring (bicyclic) bond motifs is 1. The van der Waals surface area contributed by atoms with Gasteiger partial charge in [-0.3, -0.25) is 9.59 Å². The van der Waals surface area contributed by atoms with Gasteiger partial charge < -0.3 is 14.8 Å². The minimum Gasteiger partial charge on any atom is -0.507 e. The molecule has 0 radical (unpaired) electrons. The number of phenolic OH excluding ortho intramolecular Hbond substituents is 1. The Morgan fingerprint density at radius 1 is 0.903 bits per heavy atom. The Bertz CT molecular complexity index is 1390. The molecule has 4 aromatic rings. The number of amides is 1. The smallest absolute Gasteiger partial charge is 0.258 e. The lowest BCUT2D eigenvalue weighted by molar-refractivity contribution is 0.102. The number of aromatic hydroxyl groups is 1. The number of halogens is 4. The minimum absolute atomic E-state index is 0.00133. The van der Waals surface area contributed by atoms with E-state index in [-0.39, 0.29) is 48.8 Å². The molecule has 0 saturated heterocycles. The van der Waals surface area contributed by atoms with Crippen LogP contribution in [0.3, 0.4) is 0 Å². The summed E-state index contributed by atoms with van der Waals surface area (Å²) in [4.78, 5) is 25.6. The van der Waals surface area contributed by atoms with Crippen LogP contribution in [0.25, 0.3) is 22.3 Å². The summed E-state index contributed by atoms with van der Waals surface area (Å²) in [6.45, 7) is 0. The summed E-state index contributed by atoms with van der Waals surface area (Å²) in [6, 6.07) is 13.5. The molecule has 1 aromatic heterocycles. The van der Waals surface area contributed by atoms with Gasteiger partial charge in [-0.05, 0) is 36.4 Å². The number of hydrogen-bond acceptors (Lipinski definition) is 4. The van der Waals surface area contributed by atoms with Crippen molar-refractivity contribution in [3.05, 3.63) is 90.5 Å². The average Bonchev–Trinajstić information content (AvgIpc) is 2.69. The van der Waals surface area contributed by atoms with Crippen LogP contribution >= 0.6 is 46.4 Å². The number of nitrogens with one attached hydrogen (secondary N) is 1. The Labute approximate surface area is 195 Å². The quantitative estimate of drug-likeness (QED) is 0.299. The lowest BCUT2D eigenvalue weighted by Gasteiger charge is -2.12. The SMILES string of the molecule is O=C(Nc1ccc(O)c2c(=O)cc(-c3ccccc3Cl)oc12)c1c(Cl)cc(Cl)cc1Cl. The molecule has 0 saturated carbocycles. The van der Waals surface area contributed by atoms with Crippen LogP contribution in [0.5, 0.6) is 5.75 Å². The van der Waals surface area contributed by atoms with E-state index in [1.165, 1.54) is 30.3 Å². The van der Waals surface area contributed by atoms with Gasteiger partial charge >= 0.3 is 0 Å². The van der Waals surface area contributed by atoms with E-state index in [1.54, 1.807) is 24.3 Å². The second kappa shape index (κ2) is 8.44. The number of hydrogen-bond donors (Lipinski definition) is 2. The standard InChI is InChI=1S/C22H11Cl4NO4/c23-10-7-13(25)19(14(26)8-10)22(30)27-15-5-6-16(28)20-17(29)9-18(31-21(15)20)11-3-1-2-4-12(11)24/h1-9,28H,(H,27,30). The van der Waals surface area contributed by atoms with Crippen molar-refractivity contribution < 1.29 is 14.3 Å². The van der Waals surface area contributed by atoms with Crippen LogP contribution in [0.15, 0.2) is 63.8 Å². The van der Waals surface area contributed by atoms with Crippen LogP contribution in [0, 0.1) is 0 Å². The second-order valence-corrected chi connectivity index (χ2v) is 8.15. The summed E-state index contributed by atoms with van der Waals surface area (Å²) in [7, 11) is 0. The first-order valence-corrected chi connectivity index (χ1v) is 10.3. The highest BCUT2D eigenvalue weighted by atomic mass is 35.5. The topological polar surface area (TPSA) is 79.5 Å². The number of carbonyl (C=O) groups is 1. The molecule has 1 heterocycles. The molecule has 31 heavy (non-hydrogen) atoms. The Morgan fingerprint density at radius 2 is 1.58 bits per heavy atom. The molecule has 9 heteroatoms. The largest absolute Gasteiger partial charge is 0.507 e. The first kappa shape index (κ1) is 21.5. The van der Waals surface area contributed by atoms with E-state index in [1.807, 2.05) is 0 Å². The molecular formula is C22H11Cl4NO4. The highest BCUT2D eigenvalue weighted by Crippen LogP contribution is 2.35. The lowest BCUT2D eigenvalue weighted by Crippen LogP contribution is -2.14. The van der Waals surface area contributed by atoms with Gasteiger partial charge in [0.2, 0.25) is 0 Å². The fraction of sp³-hybridized carbons (Fsp3) is 0. The van der Waals surface area contributed by atoms with Crippen LogP contribution in [-0.4, -0.2) is 11.0 Å². The van der Waals surface area contributed by atoms with Crippen LogP contribution in [0.2, 0.25) is 20.1 Å². The molecule has 0 aliphatic heterocycles. The molecule has 156 valence electrons. The zero-order valence-electron chi connectivity index (χ0n) is 15.4. The summed E-state index contributed by atoms with van der Waals surface area (Å²) in [5, 5.41) is 13.5. The van der Waals surface area contributed by atoms with E-state index in [4.69, 9.17) is 50.8 Å².